The number of allylic oxidation sites excluding steroid dienone is 1. The number of methoxy groups -OCH3 is 2. The van der Waals surface area contributed by atoms with E-state index in [1.807, 2.05) is 6.07 Å². The first-order valence-electron chi connectivity index (χ1n) is 6.83. The normalized spacial score (nSPS) is 10.3. The second-order valence-corrected chi connectivity index (χ2v) is 4.73. The van der Waals surface area contributed by atoms with Gasteiger partial charge in [-0.15, -0.1) is 0 Å². The maximum Gasteiger partial charge on any atom is 0.188 e. The van der Waals surface area contributed by atoms with Gasteiger partial charge in [-0.2, -0.15) is 5.26 Å². The molecule has 0 saturated heterocycles. The molecule has 2 rings (SSSR count). The molecule has 0 aliphatic heterocycles. The van der Waals surface area contributed by atoms with Crippen molar-refractivity contribution >= 4 is 17.5 Å². The highest BCUT2D eigenvalue weighted by Crippen LogP contribution is 2.32. The summed E-state index contributed by atoms with van der Waals surface area (Å²) in [4.78, 5) is 12.3. The van der Waals surface area contributed by atoms with E-state index in [9.17, 15) is 4.79 Å². The Bertz CT molecular complexity index is 804. The van der Waals surface area contributed by atoms with Crippen LogP contribution in [0.2, 0.25) is 0 Å². The van der Waals surface area contributed by atoms with E-state index in [1.54, 1.807) is 36.4 Å². The molecule has 2 aromatic carbocycles. The van der Waals surface area contributed by atoms with Crippen LogP contribution in [0, 0.1) is 11.3 Å². The van der Waals surface area contributed by atoms with Crippen molar-refractivity contribution in [3.8, 4) is 17.6 Å². The van der Waals surface area contributed by atoms with Crippen molar-refractivity contribution in [3.05, 3.63) is 59.2 Å². The Hall–Kier alpha value is -3.26. The number of nitrogens with zero attached hydrogens (tertiary/aromatic N) is 1. The van der Waals surface area contributed by atoms with E-state index >= 15 is 0 Å². The number of nitriles is 1. The summed E-state index contributed by atoms with van der Waals surface area (Å²) < 4.78 is 10.3. The summed E-state index contributed by atoms with van der Waals surface area (Å²) in [7, 11) is 2.99. The molecule has 2 N–H and O–H groups in total. The van der Waals surface area contributed by atoms with Gasteiger partial charge in [-0.3, -0.25) is 4.79 Å². The first kappa shape index (κ1) is 16.1. The Morgan fingerprint density at radius 2 is 1.87 bits per heavy atom. The predicted molar refractivity (Wildman–Crippen MR) is 88.5 cm³/mol. The molecular formula is C18H16N2O3. The molecule has 5 nitrogen and oxygen atoms in total. The van der Waals surface area contributed by atoms with Gasteiger partial charge in [0, 0.05) is 17.3 Å². The zero-order chi connectivity index (χ0) is 16.8. The van der Waals surface area contributed by atoms with Crippen LogP contribution < -0.4 is 15.2 Å². The molecule has 0 unspecified atom stereocenters. The lowest BCUT2D eigenvalue weighted by atomic mass is 10.1. The van der Waals surface area contributed by atoms with Crippen molar-refractivity contribution in [1.82, 2.24) is 0 Å². The van der Waals surface area contributed by atoms with Crippen molar-refractivity contribution in [2.75, 3.05) is 20.0 Å². The van der Waals surface area contributed by atoms with Gasteiger partial charge in [0.05, 0.1) is 25.9 Å². The lowest BCUT2D eigenvalue weighted by Crippen LogP contribution is -2.03. The summed E-state index contributed by atoms with van der Waals surface area (Å²) in [5.41, 5.74) is 7.83. The fraction of sp³-hybridized carbons (Fsp3) is 0.111. The summed E-state index contributed by atoms with van der Waals surface area (Å²) in [6.07, 6.45) is 3.05. The predicted octanol–water partition coefficient (Wildman–Crippen LogP) is 3.05. The molecule has 0 aliphatic carbocycles. The fourth-order valence-electron chi connectivity index (χ4n) is 2.08. The quantitative estimate of drug-likeness (QED) is 0.521. The van der Waals surface area contributed by atoms with Gasteiger partial charge in [0.25, 0.3) is 0 Å². The number of nitrogens with two attached hydrogens (primary N) is 1. The van der Waals surface area contributed by atoms with Crippen LogP contribution in [-0.2, 0) is 0 Å². The SMILES string of the molecule is COc1cc(N)c(C(=O)/C=C/c2cccc(C#N)c2)cc1OC. The molecular weight excluding hydrogens is 292 g/mol. The van der Waals surface area contributed by atoms with E-state index in [2.05, 4.69) is 6.07 Å². The van der Waals surface area contributed by atoms with Crippen LogP contribution in [0.5, 0.6) is 11.5 Å². The average Bonchev–Trinajstić information content (AvgIpc) is 2.59. The van der Waals surface area contributed by atoms with Crippen LogP contribution in [-0.4, -0.2) is 20.0 Å². The number of nitrogen functional groups attached to an aromatic ring is 1. The molecule has 23 heavy (non-hydrogen) atoms. The van der Waals surface area contributed by atoms with Gasteiger partial charge < -0.3 is 15.2 Å². The molecule has 0 aliphatic rings. The molecule has 2 aromatic rings. The number of anilines is 1. The van der Waals surface area contributed by atoms with Crippen molar-refractivity contribution in [2.24, 2.45) is 0 Å². The topological polar surface area (TPSA) is 85.3 Å². The lowest BCUT2D eigenvalue weighted by Gasteiger charge is -2.10. The third-order valence-corrected chi connectivity index (χ3v) is 3.26. The van der Waals surface area contributed by atoms with E-state index in [0.29, 0.717) is 28.3 Å². The molecule has 0 bridgehead atoms. The Morgan fingerprint density at radius 3 is 2.52 bits per heavy atom. The molecule has 5 heteroatoms. The Labute approximate surface area is 134 Å². The largest absolute Gasteiger partial charge is 0.493 e. The highest BCUT2D eigenvalue weighted by Gasteiger charge is 2.13. The van der Waals surface area contributed by atoms with E-state index in [1.165, 1.54) is 20.3 Å². The van der Waals surface area contributed by atoms with Crippen LogP contribution >= 0.6 is 0 Å². The van der Waals surface area contributed by atoms with Gasteiger partial charge in [0.1, 0.15) is 0 Å². The van der Waals surface area contributed by atoms with E-state index in [-0.39, 0.29) is 5.78 Å². The van der Waals surface area contributed by atoms with Crippen LogP contribution in [0.4, 0.5) is 5.69 Å². The first-order chi connectivity index (χ1) is 11.1. The summed E-state index contributed by atoms with van der Waals surface area (Å²) >= 11 is 0. The second-order valence-electron chi connectivity index (χ2n) is 4.73. The van der Waals surface area contributed by atoms with Crippen molar-refractivity contribution in [3.63, 3.8) is 0 Å². The number of rotatable bonds is 5. The molecule has 0 radical (unpaired) electrons. The molecule has 0 atom stereocenters. The summed E-state index contributed by atoms with van der Waals surface area (Å²) in [5.74, 6) is 0.642. The first-order valence-corrected chi connectivity index (χ1v) is 6.83. The molecule has 0 amide bonds. The molecule has 0 saturated carbocycles. The van der Waals surface area contributed by atoms with Gasteiger partial charge in [-0.1, -0.05) is 18.2 Å². The third-order valence-electron chi connectivity index (χ3n) is 3.26. The number of carbonyl (C=O) groups is 1. The minimum atomic E-state index is -0.259. The Balaban J connectivity index is 2.30. The highest BCUT2D eigenvalue weighted by molar-refractivity contribution is 6.10. The monoisotopic (exact) mass is 308 g/mol. The highest BCUT2D eigenvalue weighted by atomic mass is 16.5. The smallest absolute Gasteiger partial charge is 0.188 e. The van der Waals surface area contributed by atoms with Gasteiger partial charge in [-0.05, 0) is 29.8 Å². The van der Waals surface area contributed by atoms with Crippen LogP contribution in [0.1, 0.15) is 21.5 Å². The van der Waals surface area contributed by atoms with Gasteiger partial charge in [0.2, 0.25) is 0 Å². The minimum Gasteiger partial charge on any atom is -0.493 e. The second kappa shape index (κ2) is 7.14. The number of hydrogen-bond donors (Lipinski definition) is 1. The van der Waals surface area contributed by atoms with E-state index in [4.69, 9.17) is 20.5 Å². The van der Waals surface area contributed by atoms with Crippen LogP contribution in [0.25, 0.3) is 6.08 Å². The van der Waals surface area contributed by atoms with Crippen LogP contribution in [0.15, 0.2) is 42.5 Å². The third kappa shape index (κ3) is 3.69. The number of benzene rings is 2. The van der Waals surface area contributed by atoms with E-state index in [0.717, 1.165) is 5.56 Å². The molecule has 0 fully saturated rings. The minimum absolute atomic E-state index is 0.259. The summed E-state index contributed by atoms with van der Waals surface area (Å²) in [6, 6.07) is 12.1. The van der Waals surface area contributed by atoms with Gasteiger partial charge >= 0.3 is 0 Å². The molecule has 116 valence electrons. The Morgan fingerprint density at radius 1 is 1.17 bits per heavy atom. The van der Waals surface area contributed by atoms with Crippen molar-refractivity contribution < 1.29 is 14.3 Å². The fourth-order valence-corrected chi connectivity index (χ4v) is 2.08. The Kier molecular flexibility index (Phi) is 5.00. The number of ether oxygens (including phenoxy) is 2. The van der Waals surface area contributed by atoms with Crippen molar-refractivity contribution in [1.29, 1.82) is 5.26 Å². The molecule has 0 aromatic heterocycles. The summed E-state index contributed by atoms with van der Waals surface area (Å²) in [5, 5.41) is 8.88. The number of hydrogen-bond acceptors (Lipinski definition) is 5. The average molecular weight is 308 g/mol. The standard InChI is InChI=1S/C18H16N2O3/c1-22-17-9-14(15(20)10-18(17)23-2)16(21)7-6-12-4-3-5-13(8-12)11-19/h3-10H,20H2,1-2H3/b7-6+. The van der Waals surface area contributed by atoms with E-state index < -0.39 is 0 Å². The van der Waals surface area contributed by atoms with Gasteiger partial charge in [0.15, 0.2) is 17.3 Å². The number of carbonyl (C=O) groups excluding carboxylic acids is 1. The maximum atomic E-state index is 12.3. The molecule has 0 heterocycles. The number of ketones is 1. The maximum absolute atomic E-state index is 12.3. The van der Waals surface area contributed by atoms with Gasteiger partial charge in [-0.25, -0.2) is 0 Å². The molecule has 0 spiro atoms. The van der Waals surface area contributed by atoms with Crippen molar-refractivity contribution in [2.45, 2.75) is 0 Å². The zero-order valence-corrected chi connectivity index (χ0v) is 12.9. The summed E-state index contributed by atoms with van der Waals surface area (Å²) in [6.45, 7) is 0. The zero-order valence-electron chi connectivity index (χ0n) is 12.9. The lowest BCUT2D eigenvalue weighted by molar-refractivity contribution is 0.104. The van der Waals surface area contributed by atoms with Crippen LogP contribution in [0.3, 0.4) is 0 Å².